The van der Waals surface area contributed by atoms with Crippen LogP contribution >= 0.6 is 0 Å². The number of nitrogens with zero attached hydrogens (tertiary/aromatic N) is 2. The Labute approximate surface area is 95.7 Å². The van der Waals surface area contributed by atoms with Crippen LogP contribution in [0.2, 0.25) is 0 Å². The molecule has 0 spiro atoms. The minimum Gasteiger partial charge on any atom is -0.479 e. The van der Waals surface area contributed by atoms with Gasteiger partial charge in [-0.15, -0.1) is 0 Å². The Balaban J connectivity index is 3.55. The van der Waals surface area contributed by atoms with Crippen molar-refractivity contribution < 1.29 is 19.9 Å². The molecule has 0 saturated carbocycles. The number of nitriles is 1. The van der Waals surface area contributed by atoms with Gasteiger partial charge in [0.05, 0.1) is 4.92 Å². The summed E-state index contributed by atoms with van der Waals surface area (Å²) in [7, 11) is 0. The van der Waals surface area contributed by atoms with Crippen LogP contribution in [0.3, 0.4) is 0 Å². The summed E-state index contributed by atoms with van der Waals surface area (Å²) in [5.41, 5.74) is -0.823. The Morgan fingerprint density at radius 2 is 2.18 bits per heavy atom. The van der Waals surface area contributed by atoms with Crippen molar-refractivity contribution in [2.75, 3.05) is 0 Å². The molecule has 0 radical (unpaired) electrons. The first-order valence-electron chi connectivity index (χ1n) is 4.48. The number of aryl methyl sites for hydroxylation is 1. The molecular weight excluding hydrogens is 228 g/mol. The third-order valence-corrected chi connectivity index (χ3v) is 2.13. The van der Waals surface area contributed by atoms with Gasteiger partial charge in [0.25, 0.3) is 5.69 Å². The minimum absolute atomic E-state index is 0.272. The number of aliphatic hydroxyl groups excluding tert-OH is 1. The van der Waals surface area contributed by atoms with Gasteiger partial charge in [-0.1, -0.05) is 6.07 Å². The monoisotopic (exact) mass is 236 g/mol. The summed E-state index contributed by atoms with van der Waals surface area (Å²) in [4.78, 5) is 20.5. The van der Waals surface area contributed by atoms with E-state index in [0.29, 0.717) is 5.56 Å². The Bertz CT molecular complexity index is 532. The fraction of sp³-hybridized carbons (Fsp3) is 0.200. The van der Waals surface area contributed by atoms with Crippen LogP contribution in [0, 0.1) is 28.4 Å². The molecule has 0 aliphatic heterocycles. The first kappa shape index (κ1) is 12.6. The van der Waals surface area contributed by atoms with Gasteiger partial charge in [0, 0.05) is 11.6 Å². The lowest BCUT2D eigenvalue weighted by Crippen LogP contribution is -2.13. The third-order valence-electron chi connectivity index (χ3n) is 2.13. The van der Waals surface area contributed by atoms with Crippen molar-refractivity contribution in [3.05, 3.63) is 38.9 Å². The molecule has 1 aromatic rings. The first-order chi connectivity index (χ1) is 7.88. The predicted octanol–water partition coefficient (Wildman–Crippen LogP) is 0.893. The molecular formula is C10H8N2O5. The normalized spacial score (nSPS) is 11.6. The average Bonchev–Trinajstić information content (AvgIpc) is 2.26. The summed E-state index contributed by atoms with van der Waals surface area (Å²) >= 11 is 0. The number of carboxylic acids is 1. The Hall–Kier alpha value is -2.46. The van der Waals surface area contributed by atoms with Gasteiger partial charge in [0.2, 0.25) is 0 Å². The number of carboxylic acid groups (broad SMARTS) is 1. The lowest BCUT2D eigenvalue weighted by Gasteiger charge is -2.09. The van der Waals surface area contributed by atoms with Gasteiger partial charge in [0.15, 0.2) is 6.10 Å². The molecule has 1 rings (SSSR count). The summed E-state index contributed by atoms with van der Waals surface area (Å²) in [6, 6.07) is 3.93. The zero-order chi connectivity index (χ0) is 13.2. The molecule has 88 valence electrons. The molecule has 17 heavy (non-hydrogen) atoms. The Morgan fingerprint density at radius 3 is 2.59 bits per heavy atom. The van der Waals surface area contributed by atoms with E-state index in [4.69, 9.17) is 10.4 Å². The third kappa shape index (κ3) is 2.38. The molecule has 0 heterocycles. The summed E-state index contributed by atoms with van der Waals surface area (Å²) in [6.45, 7) is 1.51. The van der Waals surface area contributed by atoms with Crippen molar-refractivity contribution >= 4 is 11.7 Å². The molecule has 0 amide bonds. The number of hydrogen-bond donors (Lipinski definition) is 2. The lowest BCUT2D eigenvalue weighted by atomic mass is 9.98. The predicted molar refractivity (Wildman–Crippen MR) is 55.1 cm³/mol. The van der Waals surface area contributed by atoms with E-state index in [-0.39, 0.29) is 5.56 Å². The summed E-state index contributed by atoms with van der Waals surface area (Å²) in [5, 5.41) is 37.5. The van der Waals surface area contributed by atoms with Gasteiger partial charge in [-0.2, -0.15) is 5.26 Å². The maximum atomic E-state index is 10.7. The average molecular weight is 236 g/mol. The standard InChI is InChI=1S/C10H8N2O5/c1-5-2-6(9(13)10(14)15)7(4-11)8(3-5)12(16)17/h2-3,9,13H,1H3,(H,14,15). The molecule has 0 bridgehead atoms. The van der Waals surface area contributed by atoms with Crippen molar-refractivity contribution in [2.24, 2.45) is 0 Å². The lowest BCUT2D eigenvalue weighted by molar-refractivity contribution is -0.385. The van der Waals surface area contributed by atoms with Gasteiger partial charge >= 0.3 is 5.97 Å². The van der Waals surface area contributed by atoms with E-state index in [0.717, 1.165) is 6.07 Å². The topological polar surface area (TPSA) is 124 Å². The van der Waals surface area contributed by atoms with E-state index < -0.39 is 28.2 Å². The second kappa shape index (κ2) is 4.59. The Morgan fingerprint density at radius 1 is 1.59 bits per heavy atom. The van der Waals surface area contributed by atoms with Crippen LogP contribution in [0.1, 0.15) is 22.8 Å². The highest BCUT2D eigenvalue weighted by molar-refractivity contribution is 5.76. The number of rotatable bonds is 3. The number of nitro benzene ring substituents is 1. The molecule has 7 heteroatoms. The van der Waals surface area contributed by atoms with Gasteiger partial charge < -0.3 is 10.2 Å². The molecule has 0 aromatic heterocycles. The van der Waals surface area contributed by atoms with Crippen LogP contribution < -0.4 is 0 Å². The van der Waals surface area contributed by atoms with E-state index in [1.807, 2.05) is 0 Å². The highest BCUT2D eigenvalue weighted by Crippen LogP contribution is 2.28. The number of hydrogen-bond acceptors (Lipinski definition) is 5. The van der Waals surface area contributed by atoms with E-state index in [1.54, 1.807) is 6.07 Å². The van der Waals surface area contributed by atoms with Crippen molar-refractivity contribution in [1.82, 2.24) is 0 Å². The minimum atomic E-state index is -1.96. The van der Waals surface area contributed by atoms with Crippen LogP contribution in [0.4, 0.5) is 5.69 Å². The maximum Gasteiger partial charge on any atom is 0.337 e. The SMILES string of the molecule is Cc1cc(C(O)C(=O)O)c(C#N)c([N+](=O)[O-])c1. The summed E-state index contributed by atoms with van der Waals surface area (Å²) < 4.78 is 0. The molecule has 1 aromatic carbocycles. The summed E-state index contributed by atoms with van der Waals surface area (Å²) in [6.07, 6.45) is -1.96. The number of aliphatic hydroxyl groups is 1. The number of carbonyl (C=O) groups is 1. The molecule has 0 aliphatic rings. The van der Waals surface area contributed by atoms with Crippen LogP contribution in [0.25, 0.3) is 0 Å². The zero-order valence-corrected chi connectivity index (χ0v) is 8.75. The van der Waals surface area contributed by atoms with E-state index in [9.17, 15) is 20.0 Å². The fourth-order valence-electron chi connectivity index (χ4n) is 1.41. The van der Waals surface area contributed by atoms with Crippen LogP contribution in [-0.4, -0.2) is 21.1 Å². The van der Waals surface area contributed by atoms with Gasteiger partial charge in [-0.05, 0) is 12.5 Å². The van der Waals surface area contributed by atoms with E-state index in [1.165, 1.54) is 13.0 Å². The molecule has 0 fully saturated rings. The van der Waals surface area contributed by atoms with Gasteiger partial charge in [0.1, 0.15) is 11.6 Å². The quantitative estimate of drug-likeness (QED) is 0.593. The molecule has 2 N–H and O–H groups in total. The molecule has 0 aliphatic carbocycles. The second-order valence-corrected chi connectivity index (χ2v) is 3.36. The van der Waals surface area contributed by atoms with Crippen LogP contribution in [0.15, 0.2) is 12.1 Å². The second-order valence-electron chi connectivity index (χ2n) is 3.36. The van der Waals surface area contributed by atoms with Crippen molar-refractivity contribution in [1.29, 1.82) is 5.26 Å². The fourth-order valence-corrected chi connectivity index (χ4v) is 1.41. The van der Waals surface area contributed by atoms with Gasteiger partial charge in [-0.25, -0.2) is 4.79 Å². The maximum absolute atomic E-state index is 10.7. The van der Waals surface area contributed by atoms with Gasteiger partial charge in [-0.3, -0.25) is 10.1 Å². The smallest absolute Gasteiger partial charge is 0.337 e. The first-order valence-corrected chi connectivity index (χ1v) is 4.48. The van der Waals surface area contributed by atoms with Crippen LogP contribution in [0.5, 0.6) is 0 Å². The van der Waals surface area contributed by atoms with Crippen molar-refractivity contribution in [2.45, 2.75) is 13.0 Å². The van der Waals surface area contributed by atoms with Crippen molar-refractivity contribution in [3.63, 3.8) is 0 Å². The van der Waals surface area contributed by atoms with Crippen LogP contribution in [-0.2, 0) is 4.79 Å². The number of aliphatic carboxylic acids is 1. The summed E-state index contributed by atoms with van der Waals surface area (Å²) in [5.74, 6) is -1.57. The number of nitro groups is 1. The Kier molecular flexibility index (Phi) is 3.40. The highest BCUT2D eigenvalue weighted by atomic mass is 16.6. The molecule has 1 unspecified atom stereocenters. The molecule has 1 atom stereocenters. The van der Waals surface area contributed by atoms with E-state index >= 15 is 0 Å². The largest absolute Gasteiger partial charge is 0.479 e. The highest BCUT2D eigenvalue weighted by Gasteiger charge is 2.26. The van der Waals surface area contributed by atoms with E-state index in [2.05, 4.69) is 0 Å². The number of benzene rings is 1. The zero-order valence-electron chi connectivity index (χ0n) is 8.75. The van der Waals surface area contributed by atoms with Crippen molar-refractivity contribution in [3.8, 4) is 6.07 Å². The molecule has 7 nitrogen and oxygen atoms in total. The molecule has 0 saturated heterocycles.